The van der Waals surface area contributed by atoms with E-state index in [9.17, 15) is 4.79 Å². The monoisotopic (exact) mass is 318 g/mol. The van der Waals surface area contributed by atoms with Gasteiger partial charge in [0.15, 0.2) is 0 Å². The van der Waals surface area contributed by atoms with Crippen LogP contribution in [0, 0.1) is 11.8 Å². The first-order valence-electron chi connectivity index (χ1n) is 9.07. The molecule has 1 aromatic rings. The Labute approximate surface area is 137 Å². The Balaban J connectivity index is 1.43. The lowest BCUT2D eigenvalue weighted by molar-refractivity contribution is -0.138. The summed E-state index contributed by atoms with van der Waals surface area (Å²) in [6.45, 7) is 5.60. The fourth-order valence-corrected chi connectivity index (χ4v) is 4.13. The van der Waals surface area contributed by atoms with E-state index >= 15 is 0 Å². The number of hydrogen-bond acceptors (Lipinski definition) is 5. The standard InChI is InChI=1S/C17H26N4O2/c1-2-15-18-19-16(23-15)11-20-8-12-6-7-14(20)10-21(9-12)17(22)13-4-3-5-13/h12-14H,2-11H2,1H3. The fourth-order valence-electron chi connectivity index (χ4n) is 4.13. The van der Waals surface area contributed by atoms with E-state index in [1.54, 1.807) is 0 Å². The highest BCUT2D eigenvalue weighted by atomic mass is 16.4. The number of fused-ring (bicyclic) bond motifs is 4. The van der Waals surface area contributed by atoms with Gasteiger partial charge in [-0.05, 0) is 31.6 Å². The van der Waals surface area contributed by atoms with Crippen molar-refractivity contribution in [2.24, 2.45) is 11.8 Å². The Morgan fingerprint density at radius 1 is 1.13 bits per heavy atom. The van der Waals surface area contributed by atoms with Crippen LogP contribution >= 0.6 is 0 Å². The number of carbonyl (C=O) groups is 1. The molecule has 2 bridgehead atoms. The van der Waals surface area contributed by atoms with Gasteiger partial charge in [-0.25, -0.2) is 0 Å². The van der Waals surface area contributed by atoms with E-state index in [-0.39, 0.29) is 0 Å². The third-order valence-corrected chi connectivity index (χ3v) is 5.74. The molecule has 0 radical (unpaired) electrons. The molecule has 4 fully saturated rings. The molecule has 6 nitrogen and oxygen atoms in total. The van der Waals surface area contributed by atoms with Gasteiger partial charge in [-0.3, -0.25) is 9.69 Å². The number of nitrogens with zero attached hydrogens (tertiary/aromatic N) is 4. The van der Waals surface area contributed by atoms with E-state index in [2.05, 4.69) is 20.0 Å². The lowest BCUT2D eigenvalue weighted by Gasteiger charge is -2.35. The van der Waals surface area contributed by atoms with Crippen molar-refractivity contribution in [1.82, 2.24) is 20.0 Å². The van der Waals surface area contributed by atoms with Crippen molar-refractivity contribution in [3.63, 3.8) is 0 Å². The summed E-state index contributed by atoms with van der Waals surface area (Å²) in [6, 6.07) is 0.440. The molecule has 4 aliphatic rings. The van der Waals surface area contributed by atoms with Crippen LogP contribution in [0.25, 0.3) is 0 Å². The average molecular weight is 318 g/mol. The van der Waals surface area contributed by atoms with Gasteiger partial charge in [0.05, 0.1) is 6.54 Å². The lowest BCUT2D eigenvalue weighted by Crippen LogP contribution is -2.45. The Kier molecular flexibility index (Phi) is 4.09. The number of rotatable bonds is 4. The van der Waals surface area contributed by atoms with Crippen LogP contribution in [0.15, 0.2) is 4.42 Å². The molecule has 5 rings (SSSR count). The van der Waals surface area contributed by atoms with Crippen LogP contribution in [0.1, 0.15) is 50.8 Å². The van der Waals surface area contributed by atoms with E-state index < -0.39 is 0 Å². The van der Waals surface area contributed by atoms with Gasteiger partial charge in [0, 0.05) is 38.0 Å². The molecule has 1 saturated carbocycles. The highest BCUT2D eigenvalue weighted by molar-refractivity contribution is 5.79. The van der Waals surface area contributed by atoms with Crippen LogP contribution in [-0.2, 0) is 17.8 Å². The van der Waals surface area contributed by atoms with Crippen LogP contribution in [0.5, 0.6) is 0 Å². The molecule has 3 aliphatic heterocycles. The number of amides is 1. The fraction of sp³-hybridized carbons (Fsp3) is 0.824. The third kappa shape index (κ3) is 3.01. The Hall–Kier alpha value is -1.43. The Bertz CT molecular complexity index is 569. The predicted octanol–water partition coefficient (Wildman–Crippen LogP) is 1.85. The SMILES string of the molecule is CCc1nnc(CN2CC3CCC2CN(C(=O)C2CCC2)C3)o1. The summed E-state index contributed by atoms with van der Waals surface area (Å²) in [7, 11) is 0. The molecule has 2 unspecified atom stereocenters. The van der Waals surface area contributed by atoms with Gasteiger partial charge in [0.1, 0.15) is 0 Å². The Morgan fingerprint density at radius 3 is 2.65 bits per heavy atom. The van der Waals surface area contributed by atoms with Gasteiger partial charge in [-0.2, -0.15) is 0 Å². The minimum Gasteiger partial charge on any atom is -0.424 e. The van der Waals surface area contributed by atoms with Crippen LogP contribution in [0.3, 0.4) is 0 Å². The summed E-state index contributed by atoms with van der Waals surface area (Å²) < 4.78 is 5.68. The number of carbonyl (C=O) groups excluding carboxylic acids is 1. The molecule has 0 N–H and O–H groups in total. The largest absolute Gasteiger partial charge is 0.424 e. The van der Waals surface area contributed by atoms with Gasteiger partial charge in [0.25, 0.3) is 0 Å². The maximum absolute atomic E-state index is 12.6. The summed E-state index contributed by atoms with van der Waals surface area (Å²) >= 11 is 0. The van der Waals surface area contributed by atoms with E-state index in [4.69, 9.17) is 4.42 Å². The molecule has 0 spiro atoms. The highest BCUT2D eigenvalue weighted by Crippen LogP contribution is 2.33. The molecule has 126 valence electrons. The molecular formula is C17H26N4O2. The topological polar surface area (TPSA) is 62.5 Å². The van der Waals surface area contributed by atoms with Crippen molar-refractivity contribution in [1.29, 1.82) is 0 Å². The molecule has 3 saturated heterocycles. The van der Waals surface area contributed by atoms with Gasteiger partial charge >= 0.3 is 0 Å². The zero-order valence-electron chi connectivity index (χ0n) is 13.9. The van der Waals surface area contributed by atoms with Crippen LogP contribution in [0.2, 0.25) is 0 Å². The lowest BCUT2D eigenvalue weighted by atomic mass is 9.84. The first-order valence-corrected chi connectivity index (χ1v) is 9.07. The number of aromatic nitrogens is 2. The molecule has 4 heterocycles. The van der Waals surface area contributed by atoms with E-state index in [1.807, 2.05) is 6.92 Å². The molecule has 2 atom stereocenters. The molecule has 1 amide bonds. The van der Waals surface area contributed by atoms with Crippen molar-refractivity contribution < 1.29 is 9.21 Å². The van der Waals surface area contributed by atoms with E-state index in [0.29, 0.717) is 35.6 Å². The minimum absolute atomic E-state index is 0.309. The second-order valence-electron chi connectivity index (χ2n) is 7.34. The van der Waals surface area contributed by atoms with Crippen molar-refractivity contribution >= 4 is 5.91 Å². The molecule has 0 aromatic carbocycles. The average Bonchev–Trinajstić information content (AvgIpc) is 2.75. The first-order chi connectivity index (χ1) is 11.2. The second kappa shape index (κ2) is 6.23. The van der Waals surface area contributed by atoms with Gasteiger partial charge < -0.3 is 9.32 Å². The van der Waals surface area contributed by atoms with Gasteiger partial charge in [-0.15, -0.1) is 10.2 Å². The molecular weight excluding hydrogens is 292 g/mol. The quantitative estimate of drug-likeness (QED) is 0.848. The number of piperidine rings is 1. The summed E-state index contributed by atoms with van der Waals surface area (Å²) in [5, 5.41) is 8.22. The predicted molar refractivity (Wildman–Crippen MR) is 84.5 cm³/mol. The molecule has 6 heteroatoms. The number of hydrogen-bond donors (Lipinski definition) is 0. The minimum atomic E-state index is 0.309. The normalized spacial score (nSPS) is 28.7. The molecule has 23 heavy (non-hydrogen) atoms. The zero-order chi connectivity index (χ0) is 15.8. The second-order valence-corrected chi connectivity index (χ2v) is 7.34. The van der Waals surface area contributed by atoms with Crippen molar-refractivity contribution in [3.05, 3.63) is 11.8 Å². The van der Waals surface area contributed by atoms with E-state index in [0.717, 1.165) is 45.4 Å². The van der Waals surface area contributed by atoms with E-state index in [1.165, 1.54) is 19.3 Å². The maximum atomic E-state index is 12.6. The summed E-state index contributed by atoms with van der Waals surface area (Å²) in [5.74, 6) is 2.73. The number of aryl methyl sites for hydroxylation is 1. The summed E-state index contributed by atoms with van der Waals surface area (Å²) in [4.78, 5) is 17.2. The summed E-state index contributed by atoms with van der Waals surface area (Å²) in [6.07, 6.45) is 6.60. The molecule has 1 aliphatic carbocycles. The smallest absolute Gasteiger partial charge is 0.230 e. The van der Waals surface area contributed by atoms with Crippen molar-refractivity contribution in [3.8, 4) is 0 Å². The first kappa shape index (κ1) is 15.1. The zero-order valence-corrected chi connectivity index (χ0v) is 13.9. The van der Waals surface area contributed by atoms with Crippen LogP contribution in [-0.4, -0.2) is 51.6 Å². The Morgan fingerprint density at radius 2 is 1.96 bits per heavy atom. The summed E-state index contributed by atoms with van der Waals surface area (Å²) in [5.41, 5.74) is 0. The third-order valence-electron chi connectivity index (χ3n) is 5.74. The van der Waals surface area contributed by atoms with Crippen LogP contribution in [0.4, 0.5) is 0 Å². The van der Waals surface area contributed by atoms with Crippen LogP contribution < -0.4 is 0 Å². The van der Waals surface area contributed by atoms with Crippen molar-refractivity contribution in [2.75, 3.05) is 19.6 Å². The van der Waals surface area contributed by atoms with Crippen molar-refractivity contribution in [2.45, 2.75) is 58.0 Å². The maximum Gasteiger partial charge on any atom is 0.230 e. The van der Waals surface area contributed by atoms with Gasteiger partial charge in [0.2, 0.25) is 17.7 Å². The highest BCUT2D eigenvalue weighted by Gasteiger charge is 2.39. The van der Waals surface area contributed by atoms with Gasteiger partial charge in [-0.1, -0.05) is 13.3 Å². The molecule has 1 aromatic heterocycles.